The summed E-state index contributed by atoms with van der Waals surface area (Å²) in [5.74, 6) is -0.282. The van der Waals surface area contributed by atoms with E-state index in [4.69, 9.17) is 4.52 Å². The van der Waals surface area contributed by atoms with Gasteiger partial charge >= 0.3 is 0 Å². The van der Waals surface area contributed by atoms with Gasteiger partial charge in [0.05, 0.1) is 6.20 Å². The Kier molecular flexibility index (Phi) is 3.79. The van der Waals surface area contributed by atoms with Crippen molar-refractivity contribution in [1.82, 2.24) is 15.2 Å². The van der Waals surface area contributed by atoms with Crippen LogP contribution in [-0.2, 0) is 0 Å². The van der Waals surface area contributed by atoms with Crippen molar-refractivity contribution in [1.29, 1.82) is 0 Å². The Hall–Kier alpha value is -2.47. The molecule has 5 nitrogen and oxygen atoms in total. The SMILES string of the molecule is CSc1cccc(C(=O)n2ncc3ccccc3o[nH]2)c1. The predicted octanol–water partition coefficient (Wildman–Crippen LogP) is 3.49. The Morgan fingerprint density at radius 3 is 2.95 bits per heavy atom. The molecule has 1 N–H and O–H groups in total. The fourth-order valence-electron chi connectivity index (χ4n) is 1.89. The van der Waals surface area contributed by atoms with Gasteiger partial charge in [0.1, 0.15) is 0 Å². The van der Waals surface area contributed by atoms with Gasteiger partial charge in [-0.05, 0) is 36.6 Å². The number of carbonyl (C=O) groups is 1. The number of rotatable bonds is 2. The third-order valence-corrected chi connectivity index (χ3v) is 3.71. The second kappa shape index (κ2) is 5.88. The summed E-state index contributed by atoms with van der Waals surface area (Å²) in [7, 11) is 0. The molecule has 0 bridgehead atoms. The van der Waals surface area contributed by atoms with Crippen molar-refractivity contribution in [2.75, 3.05) is 6.26 Å². The van der Waals surface area contributed by atoms with E-state index in [-0.39, 0.29) is 5.91 Å². The number of aromatic amines is 1. The molecular weight excluding hydrogens is 286 g/mol. The fourth-order valence-corrected chi connectivity index (χ4v) is 2.35. The molecule has 3 aromatic rings. The zero-order chi connectivity index (χ0) is 14.7. The lowest BCUT2D eigenvalue weighted by Crippen LogP contribution is -2.16. The molecule has 1 heterocycles. The first-order valence-electron chi connectivity index (χ1n) is 6.32. The molecule has 0 spiro atoms. The smallest absolute Gasteiger partial charge is 0.295 e. The Labute approximate surface area is 125 Å². The number of hydrogen-bond acceptors (Lipinski definition) is 4. The molecule has 0 aliphatic rings. The monoisotopic (exact) mass is 299 g/mol. The second-order valence-corrected chi connectivity index (χ2v) is 5.20. The molecule has 106 valence electrons. The van der Waals surface area contributed by atoms with Gasteiger partial charge in [-0.1, -0.05) is 18.2 Å². The van der Waals surface area contributed by atoms with Crippen LogP contribution in [0.1, 0.15) is 10.4 Å². The molecule has 0 fully saturated rings. The lowest BCUT2D eigenvalue weighted by atomic mass is 10.2. The van der Waals surface area contributed by atoms with Crippen molar-refractivity contribution in [3.63, 3.8) is 0 Å². The van der Waals surface area contributed by atoms with Crippen molar-refractivity contribution in [3.8, 4) is 0 Å². The van der Waals surface area contributed by atoms with Gasteiger partial charge in [0, 0.05) is 15.8 Å². The van der Waals surface area contributed by atoms with Crippen molar-refractivity contribution < 1.29 is 9.32 Å². The summed E-state index contributed by atoms with van der Waals surface area (Å²) in [6, 6.07) is 14.8. The number of benzene rings is 2. The molecule has 0 saturated carbocycles. The number of nitrogens with one attached hydrogen (secondary N) is 1. The molecule has 21 heavy (non-hydrogen) atoms. The summed E-state index contributed by atoms with van der Waals surface area (Å²) in [5.41, 5.74) is 1.16. The highest BCUT2D eigenvalue weighted by atomic mass is 32.2. The largest absolute Gasteiger partial charge is 0.364 e. The first-order chi connectivity index (χ1) is 10.3. The zero-order valence-electron chi connectivity index (χ0n) is 11.3. The molecule has 0 unspecified atom stereocenters. The van der Waals surface area contributed by atoms with E-state index in [1.54, 1.807) is 30.1 Å². The van der Waals surface area contributed by atoms with Crippen LogP contribution in [0.2, 0.25) is 0 Å². The minimum Gasteiger partial charge on any atom is -0.364 e. The maximum atomic E-state index is 12.4. The minimum absolute atomic E-state index is 0.282. The normalized spacial score (nSPS) is 10.5. The molecule has 0 radical (unpaired) electrons. The highest BCUT2D eigenvalue weighted by Gasteiger charge is 2.09. The van der Waals surface area contributed by atoms with E-state index in [1.807, 2.05) is 42.7 Å². The summed E-state index contributed by atoms with van der Waals surface area (Å²) >= 11 is 1.58. The quantitative estimate of drug-likeness (QED) is 0.736. The zero-order valence-corrected chi connectivity index (χ0v) is 12.1. The summed E-state index contributed by atoms with van der Waals surface area (Å²) in [4.78, 5) is 14.5. The number of carbonyl (C=O) groups excluding carboxylic acids is 1. The minimum atomic E-state index is -0.282. The van der Waals surface area contributed by atoms with E-state index in [0.717, 1.165) is 15.1 Å². The van der Waals surface area contributed by atoms with E-state index in [1.165, 1.54) is 0 Å². The second-order valence-electron chi connectivity index (χ2n) is 4.32. The molecule has 1 aromatic heterocycles. The number of hydrogen-bond donors (Lipinski definition) is 1. The van der Waals surface area contributed by atoms with Gasteiger partial charge in [-0.3, -0.25) is 4.79 Å². The van der Waals surface area contributed by atoms with Crippen LogP contribution in [0.4, 0.5) is 0 Å². The topological polar surface area (TPSA) is 63.8 Å². The van der Waals surface area contributed by atoms with Gasteiger partial charge < -0.3 is 4.52 Å². The molecule has 6 heteroatoms. The van der Waals surface area contributed by atoms with Crippen LogP contribution in [0.3, 0.4) is 0 Å². The van der Waals surface area contributed by atoms with Crippen LogP contribution in [0.5, 0.6) is 0 Å². The van der Waals surface area contributed by atoms with Gasteiger partial charge in [-0.25, -0.2) is 0 Å². The van der Waals surface area contributed by atoms with Crippen LogP contribution in [0.15, 0.2) is 64.1 Å². The number of fused-ring (bicyclic) bond motifs is 1. The number of H-pyrrole nitrogens is 1. The van der Waals surface area contributed by atoms with E-state index >= 15 is 0 Å². The lowest BCUT2D eigenvalue weighted by Gasteiger charge is -2.02. The van der Waals surface area contributed by atoms with Crippen LogP contribution in [0.25, 0.3) is 11.0 Å². The maximum absolute atomic E-state index is 12.4. The lowest BCUT2D eigenvalue weighted by molar-refractivity contribution is 0.0896. The Morgan fingerprint density at radius 2 is 2.10 bits per heavy atom. The molecular formula is C15H13N3O2S. The standard InChI is InChI=1S/C15H13N3O2S/c1-21-13-7-4-6-11(9-13)15(19)18-16-10-12-5-2-3-8-14(12)20-17-18/h2-10,17H,1H3. The predicted molar refractivity (Wildman–Crippen MR) is 81.9 cm³/mol. The van der Waals surface area contributed by atoms with Crippen molar-refractivity contribution in [3.05, 3.63) is 60.3 Å². The molecule has 0 amide bonds. The van der Waals surface area contributed by atoms with E-state index < -0.39 is 0 Å². The van der Waals surface area contributed by atoms with Crippen molar-refractivity contribution >= 4 is 28.6 Å². The Bertz CT molecular complexity index is 792. The molecule has 0 atom stereocenters. The Morgan fingerprint density at radius 1 is 1.24 bits per heavy atom. The highest BCUT2D eigenvalue weighted by molar-refractivity contribution is 7.98. The van der Waals surface area contributed by atoms with Gasteiger partial charge in [-0.15, -0.1) is 21.8 Å². The van der Waals surface area contributed by atoms with Gasteiger partial charge in [0.2, 0.25) is 0 Å². The average Bonchev–Trinajstić information content (AvgIpc) is 2.77. The fraction of sp³-hybridized carbons (Fsp3) is 0.0667. The molecule has 0 aliphatic heterocycles. The molecule has 3 rings (SSSR count). The van der Waals surface area contributed by atoms with Crippen LogP contribution < -0.4 is 0 Å². The first kappa shape index (κ1) is 13.5. The van der Waals surface area contributed by atoms with Crippen LogP contribution >= 0.6 is 11.8 Å². The number of thioether (sulfide) groups is 1. The summed E-state index contributed by atoms with van der Waals surface area (Å²) < 4.78 is 5.39. The molecule has 0 saturated heterocycles. The Balaban J connectivity index is 2.05. The molecule has 2 aromatic carbocycles. The maximum Gasteiger partial charge on any atom is 0.295 e. The van der Waals surface area contributed by atoms with Gasteiger partial charge in [0.15, 0.2) is 5.58 Å². The number of para-hydroxylation sites is 1. The number of aromatic nitrogens is 3. The average molecular weight is 299 g/mol. The van der Waals surface area contributed by atoms with E-state index in [0.29, 0.717) is 11.1 Å². The van der Waals surface area contributed by atoms with Crippen LogP contribution in [-0.4, -0.2) is 27.3 Å². The van der Waals surface area contributed by atoms with E-state index in [2.05, 4.69) is 10.4 Å². The van der Waals surface area contributed by atoms with Gasteiger partial charge in [-0.2, -0.15) is 5.10 Å². The summed E-state index contributed by atoms with van der Waals surface area (Å²) in [6.07, 6.45) is 3.55. The summed E-state index contributed by atoms with van der Waals surface area (Å²) in [6.45, 7) is 0. The van der Waals surface area contributed by atoms with Gasteiger partial charge in [0.25, 0.3) is 5.91 Å². The molecule has 0 aliphatic carbocycles. The first-order valence-corrected chi connectivity index (χ1v) is 7.54. The van der Waals surface area contributed by atoms with Crippen molar-refractivity contribution in [2.45, 2.75) is 4.90 Å². The van der Waals surface area contributed by atoms with Crippen molar-refractivity contribution in [2.24, 2.45) is 0 Å². The van der Waals surface area contributed by atoms with E-state index in [9.17, 15) is 4.79 Å². The highest BCUT2D eigenvalue weighted by Crippen LogP contribution is 2.16. The third kappa shape index (κ3) is 2.85. The third-order valence-electron chi connectivity index (χ3n) is 2.98. The summed E-state index contributed by atoms with van der Waals surface area (Å²) in [5, 5.41) is 7.47. The van der Waals surface area contributed by atoms with Crippen LogP contribution in [0, 0.1) is 0 Å². The number of nitrogens with zero attached hydrogens (tertiary/aromatic N) is 2.